The average Bonchev–Trinajstić information content (AvgIpc) is 2.36. The minimum absolute atomic E-state index is 0.0405. The molecule has 1 N–H and O–H groups in total. The summed E-state index contributed by atoms with van der Waals surface area (Å²) in [5.74, 6) is 0. The van der Waals surface area contributed by atoms with E-state index in [1.54, 1.807) is 0 Å². The van der Waals surface area contributed by atoms with Gasteiger partial charge < -0.3 is 10.1 Å². The lowest BCUT2D eigenvalue weighted by Crippen LogP contribution is -2.20. The SMILES string of the molecule is O=[N+]([O-])c1ccc(NCCOCC(F)(F)F)c([N+](=O)[O-])c1. The monoisotopic (exact) mass is 309 g/mol. The molecule has 0 aliphatic rings. The molecule has 1 aromatic carbocycles. The van der Waals surface area contributed by atoms with Crippen LogP contribution in [0.15, 0.2) is 18.2 Å². The number of hydrogen-bond acceptors (Lipinski definition) is 6. The molecule has 1 rings (SSSR count). The quantitative estimate of drug-likeness (QED) is 0.471. The van der Waals surface area contributed by atoms with Crippen molar-refractivity contribution in [3.63, 3.8) is 0 Å². The zero-order chi connectivity index (χ0) is 16.0. The number of hydrogen-bond donors (Lipinski definition) is 1. The second-order valence-corrected chi connectivity index (χ2v) is 3.81. The van der Waals surface area contributed by atoms with Crippen molar-refractivity contribution >= 4 is 17.1 Å². The van der Waals surface area contributed by atoms with E-state index in [1.165, 1.54) is 0 Å². The number of halogens is 3. The summed E-state index contributed by atoms with van der Waals surface area (Å²) < 4.78 is 39.7. The molecule has 0 atom stereocenters. The van der Waals surface area contributed by atoms with E-state index in [0.717, 1.165) is 18.2 Å². The van der Waals surface area contributed by atoms with Gasteiger partial charge in [-0.1, -0.05) is 0 Å². The van der Waals surface area contributed by atoms with E-state index >= 15 is 0 Å². The van der Waals surface area contributed by atoms with Gasteiger partial charge in [-0.3, -0.25) is 20.2 Å². The van der Waals surface area contributed by atoms with Gasteiger partial charge >= 0.3 is 6.18 Å². The van der Waals surface area contributed by atoms with Crippen molar-refractivity contribution in [2.24, 2.45) is 0 Å². The molecule has 0 aliphatic carbocycles. The normalized spacial score (nSPS) is 11.2. The van der Waals surface area contributed by atoms with Crippen LogP contribution in [-0.2, 0) is 4.74 Å². The largest absolute Gasteiger partial charge is 0.411 e. The zero-order valence-electron chi connectivity index (χ0n) is 10.4. The number of alkyl halides is 3. The van der Waals surface area contributed by atoms with Gasteiger partial charge in [-0.25, -0.2) is 0 Å². The third kappa shape index (κ3) is 5.60. The third-order valence-electron chi connectivity index (χ3n) is 2.22. The molecule has 0 fully saturated rings. The fraction of sp³-hybridized carbons (Fsp3) is 0.400. The lowest BCUT2D eigenvalue weighted by atomic mass is 10.2. The van der Waals surface area contributed by atoms with Gasteiger partial charge in [-0.15, -0.1) is 0 Å². The molecule has 8 nitrogen and oxygen atoms in total. The Morgan fingerprint density at radius 3 is 2.38 bits per heavy atom. The minimum atomic E-state index is -4.45. The summed E-state index contributed by atoms with van der Waals surface area (Å²) in [5, 5.41) is 23.8. The Morgan fingerprint density at radius 2 is 1.86 bits per heavy atom. The standard InChI is InChI=1S/C10H10F3N3O5/c11-10(12,13)6-21-4-3-14-8-2-1-7(15(17)18)5-9(8)16(19)20/h1-2,5,14H,3-4,6H2. The van der Waals surface area contributed by atoms with E-state index in [-0.39, 0.29) is 18.8 Å². The van der Waals surface area contributed by atoms with Crippen molar-refractivity contribution < 1.29 is 27.8 Å². The summed E-state index contributed by atoms with van der Waals surface area (Å²) in [6, 6.07) is 2.92. The van der Waals surface area contributed by atoms with Crippen LogP contribution < -0.4 is 5.32 Å². The van der Waals surface area contributed by atoms with Gasteiger partial charge in [0.2, 0.25) is 0 Å². The maximum atomic E-state index is 11.8. The lowest BCUT2D eigenvalue weighted by Gasteiger charge is -2.09. The fourth-order valence-corrected chi connectivity index (χ4v) is 1.38. The van der Waals surface area contributed by atoms with Crippen LogP contribution in [0.3, 0.4) is 0 Å². The van der Waals surface area contributed by atoms with Crippen LogP contribution in [0.4, 0.5) is 30.2 Å². The summed E-state index contributed by atoms with van der Waals surface area (Å²) in [7, 11) is 0. The summed E-state index contributed by atoms with van der Waals surface area (Å²) in [4.78, 5) is 19.7. The molecule has 0 heterocycles. The van der Waals surface area contributed by atoms with Gasteiger partial charge in [-0.2, -0.15) is 13.2 Å². The summed E-state index contributed by atoms with van der Waals surface area (Å²) in [6.45, 7) is -1.86. The van der Waals surface area contributed by atoms with E-state index in [2.05, 4.69) is 10.1 Å². The second kappa shape index (κ2) is 6.83. The number of non-ortho nitro benzene ring substituents is 1. The van der Waals surface area contributed by atoms with Gasteiger partial charge in [0.05, 0.1) is 22.5 Å². The van der Waals surface area contributed by atoms with Crippen LogP contribution in [0.5, 0.6) is 0 Å². The van der Waals surface area contributed by atoms with Crippen molar-refractivity contribution in [1.29, 1.82) is 0 Å². The molecule has 0 saturated carbocycles. The molecule has 116 valence electrons. The van der Waals surface area contributed by atoms with E-state index in [0.29, 0.717) is 0 Å². The van der Waals surface area contributed by atoms with Gasteiger partial charge in [0.15, 0.2) is 0 Å². The first kappa shape index (κ1) is 16.6. The molecule has 0 spiro atoms. The molecule has 0 radical (unpaired) electrons. The molecule has 0 amide bonds. The highest BCUT2D eigenvalue weighted by molar-refractivity contribution is 5.65. The molecule has 21 heavy (non-hydrogen) atoms. The smallest absolute Gasteiger partial charge is 0.377 e. The Labute approximate surface area is 115 Å². The van der Waals surface area contributed by atoms with Gasteiger partial charge in [0.25, 0.3) is 11.4 Å². The van der Waals surface area contributed by atoms with Crippen molar-refractivity contribution in [3.8, 4) is 0 Å². The van der Waals surface area contributed by atoms with Gasteiger partial charge in [-0.05, 0) is 6.07 Å². The number of nitrogens with one attached hydrogen (secondary N) is 1. The number of ether oxygens (including phenoxy) is 1. The predicted octanol–water partition coefficient (Wildman–Crippen LogP) is 2.49. The van der Waals surface area contributed by atoms with Crippen molar-refractivity contribution in [1.82, 2.24) is 0 Å². The highest BCUT2D eigenvalue weighted by atomic mass is 19.4. The highest BCUT2D eigenvalue weighted by Crippen LogP contribution is 2.28. The van der Waals surface area contributed by atoms with Crippen LogP contribution in [0, 0.1) is 20.2 Å². The lowest BCUT2D eigenvalue weighted by molar-refractivity contribution is -0.393. The molecule has 0 bridgehead atoms. The Balaban J connectivity index is 2.62. The van der Waals surface area contributed by atoms with E-state index < -0.39 is 34.0 Å². The first-order valence-corrected chi connectivity index (χ1v) is 5.52. The number of nitro groups is 2. The molecule has 1 aromatic rings. The maximum Gasteiger partial charge on any atom is 0.411 e. The fourth-order valence-electron chi connectivity index (χ4n) is 1.38. The number of nitro benzene ring substituents is 2. The predicted molar refractivity (Wildman–Crippen MR) is 65.1 cm³/mol. The van der Waals surface area contributed by atoms with Crippen LogP contribution in [0.1, 0.15) is 0 Å². The molecular weight excluding hydrogens is 299 g/mol. The van der Waals surface area contributed by atoms with Gasteiger partial charge in [0, 0.05) is 12.6 Å². The molecule has 0 saturated heterocycles. The summed E-state index contributed by atoms with van der Waals surface area (Å²) >= 11 is 0. The number of benzene rings is 1. The number of nitrogens with zero attached hydrogens (tertiary/aromatic N) is 2. The first-order valence-electron chi connectivity index (χ1n) is 5.52. The van der Waals surface area contributed by atoms with Crippen LogP contribution >= 0.6 is 0 Å². The number of rotatable bonds is 7. The van der Waals surface area contributed by atoms with Gasteiger partial charge in [0.1, 0.15) is 12.3 Å². The topological polar surface area (TPSA) is 108 Å². The van der Waals surface area contributed by atoms with Crippen molar-refractivity contribution in [2.75, 3.05) is 25.1 Å². The van der Waals surface area contributed by atoms with Crippen molar-refractivity contribution in [2.45, 2.75) is 6.18 Å². The Bertz CT molecular complexity index is 535. The highest BCUT2D eigenvalue weighted by Gasteiger charge is 2.27. The third-order valence-corrected chi connectivity index (χ3v) is 2.22. The minimum Gasteiger partial charge on any atom is -0.377 e. The molecular formula is C10H10F3N3O5. The molecule has 0 aliphatic heterocycles. The Morgan fingerprint density at radius 1 is 1.19 bits per heavy atom. The van der Waals surface area contributed by atoms with E-state index in [1.807, 2.05) is 0 Å². The van der Waals surface area contributed by atoms with Crippen LogP contribution in [0.25, 0.3) is 0 Å². The molecule has 0 unspecified atom stereocenters. The summed E-state index contributed by atoms with van der Waals surface area (Å²) in [5.41, 5.74) is -1.04. The number of anilines is 1. The maximum absolute atomic E-state index is 11.8. The van der Waals surface area contributed by atoms with Crippen molar-refractivity contribution in [3.05, 3.63) is 38.4 Å². The first-order chi connectivity index (χ1) is 9.70. The molecule has 11 heteroatoms. The summed E-state index contributed by atoms with van der Waals surface area (Å²) in [6.07, 6.45) is -4.45. The Kier molecular flexibility index (Phi) is 5.41. The zero-order valence-corrected chi connectivity index (χ0v) is 10.4. The van der Waals surface area contributed by atoms with E-state index in [4.69, 9.17) is 0 Å². The van der Waals surface area contributed by atoms with E-state index in [9.17, 15) is 33.4 Å². The Hall–Kier alpha value is -2.43. The van der Waals surface area contributed by atoms with Crippen LogP contribution in [0.2, 0.25) is 0 Å². The average molecular weight is 309 g/mol. The molecule has 0 aromatic heterocycles. The van der Waals surface area contributed by atoms with Crippen LogP contribution in [-0.4, -0.2) is 35.8 Å². The second-order valence-electron chi connectivity index (χ2n) is 3.81.